The van der Waals surface area contributed by atoms with Gasteiger partial charge in [-0.3, -0.25) is 4.79 Å². The van der Waals surface area contributed by atoms with Crippen LogP contribution in [0.3, 0.4) is 0 Å². The second kappa shape index (κ2) is 6.11. The SMILES string of the molecule is CC(C)CNC(=O)CNC1CCC(C)C1. The minimum atomic E-state index is 0.128. The maximum atomic E-state index is 11.4. The fourth-order valence-electron chi connectivity index (χ4n) is 2.01. The fourth-order valence-corrected chi connectivity index (χ4v) is 2.01. The van der Waals surface area contributed by atoms with Crippen molar-refractivity contribution in [1.29, 1.82) is 0 Å². The number of hydrogen-bond donors (Lipinski definition) is 2. The van der Waals surface area contributed by atoms with Gasteiger partial charge in [0.15, 0.2) is 0 Å². The maximum Gasteiger partial charge on any atom is 0.233 e. The Morgan fingerprint density at radius 2 is 2.13 bits per heavy atom. The first kappa shape index (κ1) is 12.5. The molecule has 0 spiro atoms. The van der Waals surface area contributed by atoms with E-state index in [1.807, 2.05) is 0 Å². The second-order valence-electron chi connectivity index (χ2n) is 5.19. The van der Waals surface area contributed by atoms with Crippen molar-refractivity contribution >= 4 is 5.91 Å². The second-order valence-corrected chi connectivity index (χ2v) is 5.19. The van der Waals surface area contributed by atoms with E-state index in [0.717, 1.165) is 12.5 Å². The standard InChI is InChI=1S/C12H24N2O/c1-9(2)7-14-12(15)8-13-11-5-4-10(3)6-11/h9-11,13H,4-8H2,1-3H3,(H,14,15). The molecule has 1 aliphatic rings. The van der Waals surface area contributed by atoms with Gasteiger partial charge in [0.05, 0.1) is 6.54 Å². The quantitative estimate of drug-likeness (QED) is 0.726. The monoisotopic (exact) mass is 212 g/mol. The third-order valence-corrected chi connectivity index (χ3v) is 2.95. The van der Waals surface area contributed by atoms with Crippen molar-refractivity contribution in [2.45, 2.75) is 46.1 Å². The summed E-state index contributed by atoms with van der Waals surface area (Å²) in [6, 6.07) is 0.560. The molecule has 0 heterocycles. The van der Waals surface area contributed by atoms with Gasteiger partial charge >= 0.3 is 0 Å². The zero-order chi connectivity index (χ0) is 11.3. The molecule has 0 bridgehead atoms. The van der Waals surface area contributed by atoms with E-state index in [4.69, 9.17) is 0 Å². The van der Waals surface area contributed by atoms with Crippen LogP contribution in [0.1, 0.15) is 40.0 Å². The molecule has 0 aromatic rings. The summed E-state index contributed by atoms with van der Waals surface area (Å²) >= 11 is 0. The summed E-state index contributed by atoms with van der Waals surface area (Å²) in [7, 11) is 0. The van der Waals surface area contributed by atoms with Gasteiger partial charge in [0.25, 0.3) is 0 Å². The van der Waals surface area contributed by atoms with Crippen molar-refractivity contribution in [3.8, 4) is 0 Å². The molecule has 2 unspecified atom stereocenters. The molecular formula is C12H24N2O. The molecule has 3 nitrogen and oxygen atoms in total. The molecule has 15 heavy (non-hydrogen) atoms. The number of carbonyl (C=O) groups excluding carboxylic acids is 1. The lowest BCUT2D eigenvalue weighted by molar-refractivity contribution is -0.120. The highest BCUT2D eigenvalue weighted by Crippen LogP contribution is 2.24. The molecule has 0 aliphatic heterocycles. The molecule has 0 radical (unpaired) electrons. The largest absolute Gasteiger partial charge is 0.355 e. The summed E-state index contributed by atoms with van der Waals surface area (Å²) < 4.78 is 0. The molecule has 1 rings (SSSR count). The van der Waals surface area contributed by atoms with E-state index >= 15 is 0 Å². The first-order valence-corrected chi connectivity index (χ1v) is 6.08. The summed E-state index contributed by atoms with van der Waals surface area (Å²) in [5.41, 5.74) is 0. The highest BCUT2D eigenvalue weighted by atomic mass is 16.1. The highest BCUT2D eigenvalue weighted by molar-refractivity contribution is 5.77. The molecule has 2 atom stereocenters. The van der Waals surface area contributed by atoms with Gasteiger partial charge in [-0.1, -0.05) is 20.8 Å². The van der Waals surface area contributed by atoms with Gasteiger partial charge in [-0.15, -0.1) is 0 Å². The number of hydrogen-bond acceptors (Lipinski definition) is 2. The van der Waals surface area contributed by atoms with Crippen LogP contribution in [0.25, 0.3) is 0 Å². The van der Waals surface area contributed by atoms with Gasteiger partial charge in [-0.05, 0) is 31.1 Å². The van der Waals surface area contributed by atoms with Gasteiger partial charge in [-0.2, -0.15) is 0 Å². The molecule has 3 heteroatoms. The van der Waals surface area contributed by atoms with Crippen molar-refractivity contribution in [2.75, 3.05) is 13.1 Å². The van der Waals surface area contributed by atoms with E-state index in [1.165, 1.54) is 19.3 Å². The Morgan fingerprint density at radius 3 is 2.67 bits per heavy atom. The minimum absolute atomic E-state index is 0.128. The Morgan fingerprint density at radius 1 is 1.40 bits per heavy atom. The molecule has 1 aliphatic carbocycles. The van der Waals surface area contributed by atoms with E-state index < -0.39 is 0 Å². The van der Waals surface area contributed by atoms with Crippen LogP contribution in [0.2, 0.25) is 0 Å². The molecule has 0 aromatic carbocycles. The molecule has 88 valence electrons. The van der Waals surface area contributed by atoms with Gasteiger partial charge in [-0.25, -0.2) is 0 Å². The van der Waals surface area contributed by atoms with E-state index in [-0.39, 0.29) is 5.91 Å². The van der Waals surface area contributed by atoms with Crippen LogP contribution in [0.4, 0.5) is 0 Å². The predicted molar refractivity (Wildman–Crippen MR) is 62.7 cm³/mol. The van der Waals surface area contributed by atoms with Crippen LogP contribution < -0.4 is 10.6 Å². The summed E-state index contributed by atoms with van der Waals surface area (Å²) in [6.45, 7) is 7.74. The first-order valence-electron chi connectivity index (χ1n) is 6.08. The maximum absolute atomic E-state index is 11.4. The average Bonchev–Trinajstić information content (AvgIpc) is 2.58. The summed E-state index contributed by atoms with van der Waals surface area (Å²) in [4.78, 5) is 11.4. The summed E-state index contributed by atoms with van der Waals surface area (Å²) in [5, 5.41) is 6.24. The number of carbonyl (C=O) groups is 1. The van der Waals surface area contributed by atoms with E-state index in [2.05, 4.69) is 31.4 Å². The van der Waals surface area contributed by atoms with Crippen molar-refractivity contribution in [2.24, 2.45) is 11.8 Å². The first-order chi connectivity index (χ1) is 7.08. The molecule has 1 saturated carbocycles. The fraction of sp³-hybridized carbons (Fsp3) is 0.917. The predicted octanol–water partition coefficient (Wildman–Crippen LogP) is 1.54. The lowest BCUT2D eigenvalue weighted by Gasteiger charge is -2.13. The van der Waals surface area contributed by atoms with E-state index in [0.29, 0.717) is 18.5 Å². The summed E-state index contributed by atoms with van der Waals surface area (Å²) in [6.07, 6.45) is 3.74. The lowest BCUT2D eigenvalue weighted by atomic mass is 10.1. The Hall–Kier alpha value is -0.570. The van der Waals surface area contributed by atoms with Crippen LogP contribution in [0.15, 0.2) is 0 Å². The zero-order valence-electron chi connectivity index (χ0n) is 10.2. The van der Waals surface area contributed by atoms with Crippen LogP contribution in [-0.2, 0) is 4.79 Å². The van der Waals surface area contributed by atoms with Crippen molar-refractivity contribution in [3.63, 3.8) is 0 Å². The zero-order valence-corrected chi connectivity index (χ0v) is 10.2. The average molecular weight is 212 g/mol. The third kappa shape index (κ3) is 5.17. The Balaban J connectivity index is 2.06. The Bertz CT molecular complexity index is 204. The van der Waals surface area contributed by atoms with Crippen LogP contribution in [0, 0.1) is 11.8 Å². The highest BCUT2D eigenvalue weighted by Gasteiger charge is 2.20. The van der Waals surface area contributed by atoms with Crippen LogP contribution >= 0.6 is 0 Å². The van der Waals surface area contributed by atoms with Crippen LogP contribution in [-0.4, -0.2) is 25.0 Å². The smallest absolute Gasteiger partial charge is 0.233 e. The molecule has 1 fully saturated rings. The Labute approximate surface area is 93.0 Å². The normalized spacial score (nSPS) is 25.9. The molecule has 0 aromatic heterocycles. The van der Waals surface area contributed by atoms with Gasteiger partial charge < -0.3 is 10.6 Å². The minimum Gasteiger partial charge on any atom is -0.355 e. The van der Waals surface area contributed by atoms with E-state index in [9.17, 15) is 4.79 Å². The number of amides is 1. The topological polar surface area (TPSA) is 41.1 Å². The summed E-state index contributed by atoms with van der Waals surface area (Å²) in [5.74, 6) is 1.48. The number of nitrogens with one attached hydrogen (secondary N) is 2. The molecule has 0 saturated heterocycles. The van der Waals surface area contributed by atoms with Crippen molar-refractivity contribution in [1.82, 2.24) is 10.6 Å². The molecule has 2 N–H and O–H groups in total. The Kier molecular flexibility index (Phi) is 5.09. The van der Waals surface area contributed by atoms with Crippen LogP contribution in [0.5, 0.6) is 0 Å². The van der Waals surface area contributed by atoms with Gasteiger partial charge in [0.1, 0.15) is 0 Å². The van der Waals surface area contributed by atoms with Crippen molar-refractivity contribution < 1.29 is 4.79 Å². The van der Waals surface area contributed by atoms with Gasteiger partial charge in [0, 0.05) is 12.6 Å². The van der Waals surface area contributed by atoms with Gasteiger partial charge in [0.2, 0.25) is 5.91 Å². The van der Waals surface area contributed by atoms with E-state index in [1.54, 1.807) is 0 Å². The molecule has 1 amide bonds. The van der Waals surface area contributed by atoms with Crippen molar-refractivity contribution in [3.05, 3.63) is 0 Å². The molecular weight excluding hydrogens is 188 g/mol. The number of rotatable bonds is 5. The lowest BCUT2D eigenvalue weighted by Crippen LogP contribution is -2.39. The third-order valence-electron chi connectivity index (χ3n) is 2.95.